The van der Waals surface area contributed by atoms with Gasteiger partial charge in [0.15, 0.2) is 0 Å². The maximum absolute atomic E-state index is 6.37. The molecule has 2 fully saturated rings. The number of fused-ring (bicyclic) bond motifs is 1. The molecule has 0 N–H and O–H groups in total. The number of aryl methyl sites for hydroxylation is 1. The largest absolute Gasteiger partial charge is 0.379 e. The molecule has 23 heavy (non-hydrogen) atoms. The van der Waals surface area contributed by atoms with E-state index < -0.39 is 0 Å². The molecule has 2 aliphatic rings. The lowest BCUT2D eigenvalue weighted by molar-refractivity contribution is 0.187. The van der Waals surface area contributed by atoms with Crippen LogP contribution >= 0.6 is 22.9 Å². The molecule has 1 saturated carbocycles. The van der Waals surface area contributed by atoms with E-state index in [9.17, 15) is 0 Å². The first-order chi connectivity index (χ1) is 11.1. The summed E-state index contributed by atoms with van der Waals surface area (Å²) >= 11 is 7.98. The van der Waals surface area contributed by atoms with Crippen molar-refractivity contribution in [1.29, 1.82) is 0 Å². The van der Waals surface area contributed by atoms with E-state index in [0.29, 0.717) is 6.61 Å². The number of pyridine rings is 1. The van der Waals surface area contributed by atoms with Gasteiger partial charge in [0.2, 0.25) is 0 Å². The lowest BCUT2D eigenvalue weighted by Gasteiger charge is -2.20. The molecule has 1 aliphatic heterocycles. The monoisotopic (exact) mass is 348 g/mol. The number of hydrogen-bond acceptors (Lipinski definition) is 4. The highest BCUT2D eigenvalue weighted by molar-refractivity contribution is 7.16. The molecule has 2 unspecified atom stereocenters. The highest BCUT2D eigenvalue weighted by Crippen LogP contribution is 2.46. The van der Waals surface area contributed by atoms with Crippen LogP contribution in [0.25, 0.3) is 0 Å². The predicted molar refractivity (Wildman–Crippen MR) is 95.6 cm³/mol. The maximum atomic E-state index is 6.37. The molecule has 2 aromatic heterocycles. The van der Waals surface area contributed by atoms with Gasteiger partial charge in [-0.25, -0.2) is 4.98 Å². The summed E-state index contributed by atoms with van der Waals surface area (Å²) in [7, 11) is 1.71. The molecule has 1 aliphatic carbocycles. The van der Waals surface area contributed by atoms with E-state index in [-0.39, 0.29) is 0 Å². The topological polar surface area (TPSA) is 25.4 Å². The number of methoxy groups -OCH3 is 1. The van der Waals surface area contributed by atoms with Gasteiger partial charge < -0.3 is 9.64 Å². The number of nitrogens with zero attached hydrogens (tertiary/aromatic N) is 2. The zero-order chi connectivity index (χ0) is 16.0. The van der Waals surface area contributed by atoms with Crippen molar-refractivity contribution in [3.05, 3.63) is 44.2 Å². The van der Waals surface area contributed by atoms with Gasteiger partial charge in [0, 0.05) is 37.2 Å². The van der Waals surface area contributed by atoms with Gasteiger partial charge in [0.25, 0.3) is 0 Å². The quantitative estimate of drug-likeness (QED) is 0.805. The Labute approximate surface area is 146 Å². The molecule has 1 saturated heterocycles. The van der Waals surface area contributed by atoms with Gasteiger partial charge in [0.1, 0.15) is 5.82 Å². The van der Waals surface area contributed by atoms with Crippen LogP contribution in [0.1, 0.15) is 28.1 Å². The van der Waals surface area contributed by atoms with Crippen molar-refractivity contribution in [3.8, 4) is 0 Å². The number of aromatic nitrogens is 1. The fourth-order valence-corrected chi connectivity index (χ4v) is 4.81. The van der Waals surface area contributed by atoms with Crippen LogP contribution in [0.2, 0.25) is 4.34 Å². The van der Waals surface area contributed by atoms with Crippen LogP contribution in [0, 0.1) is 18.8 Å². The summed E-state index contributed by atoms with van der Waals surface area (Å²) in [6, 6.07) is 6.53. The number of halogens is 1. The van der Waals surface area contributed by atoms with Crippen LogP contribution in [-0.2, 0) is 17.8 Å². The lowest BCUT2D eigenvalue weighted by atomic mass is 10.1. The Kier molecular flexibility index (Phi) is 4.08. The molecule has 122 valence electrons. The minimum absolute atomic E-state index is 0.623. The molecule has 3 heterocycles. The second-order valence-corrected chi connectivity index (χ2v) is 8.44. The van der Waals surface area contributed by atoms with E-state index >= 15 is 0 Å². The number of piperidine rings is 1. The fourth-order valence-electron chi connectivity index (χ4n) is 3.53. The third kappa shape index (κ3) is 3.12. The molecule has 2 atom stereocenters. The Bertz CT molecular complexity index is 720. The highest BCUT2D eigenvalue weighted by atomic mass is 35.5. The summed E-state index contributed by atoms with van der Waals surface area (Å²) in [5.41, 5.74) is 3.53. The highest BCUT2D eigenvalue weighted by Gasteiger charge is 2.45. The van der Waals surface area contributed by atoms with Gasteiger partial charge in [-0.3, -0.25) is 0 Å². The molecular weight excluding hydrogens is 328 g/mol. The smallest absolute Gasteiger partial charge is 0.128 e. The molecule has 5 heteroatoms. The summed E-state index contributed by atoms with van der Waals surface area (Å²) in [5, 5.41) is 0. The number of thiophene rings is 1. The van der Waals surface area contributed by atoms with Crippen molar-refractivity contribution in [3.63, 3.8) is 0 Å². The van der Waals surface area contributed by atoms with Gasteiger partial charge in [-0.15, -0.1) is 11.3 Å². The van der Waals surface area contributed by atoms with E-state index in [4.69, 9.17) is 21.3 Å². The van der Waals surface area contributed by atoms with E-state index in [2.05, 4.69) is 30.0 Å². The van der Waals surface area contributed by atoms with Crippen molar-refractivity contribution in [2.75, 3.05) is 25.1 Å². The van der Waals surface area contributed by atoms with Crippen molar-refractivity contribution in [1.82, 2.24) is 4.98 Å². The standard InChI is InChI=1S/C18H21ClN2OS/c1-11-12(5-13-7-16(10-22-2)23-18(13)19)3-4-17(20-11)21-8-14-6-15(14)9-21/h3-4,7,14-15H,5-6,8-10H2,1-2H3. The maximum Gasteiger partial charge on any atom is 0.128 e. The first kappa shape index (κ1) is 15.4. The molecular formula is C18H21ClN2OS. The Morgan fingerprint density at radius 1 is 1.30 bits per heavy atom. The lowest BCUT2D eigenvalue weighted by Crippen LogP contribution is -2.23. The third-order valence-electron chi connectivity index (χ3n) is 4.96. The average Bonchev–Trinajstić information content (AvgIpc) is 2.97. The van der Waals surface area contributed by atoms with Gasteiger partial charge in [-0.1, -0.05) is 17.7 Å². The van der Waals surface area contributed by atoms with Crippen LogP contribution in [-0.4, -0.2) is 25.2 Å². The molecule has 3 nitrogen and oxygen atoms in total. The fraction of sp³-hybridized carbons (Fsp3) is 0.500. The van der Waals surface area contributed by atoms with Gasteiger partial charge in [0.05, 0.1) is 10.9 Å². The SMILES string of the molecule is COCc1cc(Cc2ccc(N3CC4CC4C3)nc2C)c(Cl)s1. The molecule has 0 amide bonds. The Morgan fingerprint density at radius 2 is 2.09 bits per heavy atom. The van der Waals surface area contributed by atoms with E-state index in [1.807, 2.05) is 0 Å². The van der Waals surface area contributed by atoms with Crippen LogP contribution in [0.15, 0.2) is 18.2 Å². The summed E-state index contributed by atoms with van der Waals surface area (Å²) in [6.45, 7) is 5.10. The Hall–Kier alpha value is -1.10. The summed E-state index contributed by atoms with van der Waals surface area (Å²) < 4.78 is 6.05. The average molecular weight is 349 g/mol. The molecule has 0 bridgehead atoms. The first-order valence-electron chi connectivity index (χ1n) is 8.11. The third-order valence-corrected chi connectivity index (χ3v) is 6.37. The van der Waals surface area contributed by atoms with Crippen LogP contribution in [0.4, 0.5) is 5.82 Å². The van der Waals surface area contributed by atoms with Gasteiger partial charge in [-0.2, -0.15) is 0 Å². The molecule has 0 aromatic carbocycles. The van der Waals surface area contributed by atoms with Gasteiger partial charge in [-0.05, 0) is 48.4 Å². The van der Waals surface area contributed by atoms with Crippen molar-refractivity contribution < 1.29 is 4.74 Å². The normalized spacial score (nSPS) is 22.5. The van der Waals surface area contributed by atoms with Crippen LogP contribution < -0.4 is 4.90 Å². The zero-order valence-electron chi connectivity index (χ0n) is 13.5. The molecule has 0 spiro atoms. The summed E-state index contributed by atoms with van der Waals surface area (Å²) in [5.74, 6) is 3.00. The zero-order valence-corrected chi connectivity index (χ0v) is 15.1. The second-order valence-electron chi connectivity index (χ2n) is 6.70. The van der Waals surface area contributed by atoms with Crippen molar-refractivity contribution >= 4 is 28.8 Å². The van der Waals surface area contributed by atoms with E-state index in [0.717, 1.165) is 34.1 Å². The van der Waals surface area contributed by atoms with Crippen molar-refractivity contribution in [2.45, 2.75) is 26.4 Å². The number of anilines is 1. The first-order valence-corrected chi connectivity index (χ1v) is 9.31. The van der Waals surface area contributed by atoms with E-state index in [1.54, 1.807) is 18.4 Å². The summed E-state index contributed by atoms with van der Waals surface area (Å²) in [6.07, 6.45) is 2.26. The van der Waals surface area contributed by atoms with Crippen molar-refractivity contribution in [2.24, 2.45) is 11.8 Å². The second kappa shape index (κ2) is 6.08. The van der Waals surface area contributed by atoms with E-state index in [1.165, 1.54) is 35.5 Å². The predicted octanol–water partition coefficient (Wildman–Crippen LogP) is 4.30. The van der Waals surface area contributed by atoms with Gasteiger partial charge >= 0.3 is 0 Å². The number of rotatable bonds is 5. The molecule has 4 rings (SSSR count). The number of ether oxygens (including phenoxy) is 1. The minimum Gasteiger partial charge on any atom is -0.379 e. The molecule has 2 aromatic rings. The Morgan fingerprint density at radius 3 is 2.78 bits per heavy atom. The Balaban J connectivity index is 1.50. The summed E-state index contributed by atoms with van der Waals surface area (Å²) in [4.78, 5) is 8.45. The van der Waals surface area contributed by atoms with Crippen LogP contribution in [0.5, 0.6) is 0 Å². The molecule has 0 radical (unpaired) electrons. The number of hydrogen-bond donors (Lipinski definition) is 0. The van der Waals surface area contributed by atoms with Crippen LogP contribution in [0.3, 0.4) is 0 Å². The minimum atomic E-state index is 0.623.